The van der Waals surface area contributed by atoms with Crippen LogP contribution in [0.5, 0.6) is 0 Å². The summed E-state index contributed by atoms with van der Waals surface area (Å²) in [4.78, 5) is 22.4. The quantitative estimate of drug-likeness (QED) is 0.934. The molecule has 1 N–H and O–H groups in total. The lowest BCUT2D eigenvalue weighted by Crippen LogP contribution is -2.43. The molecule has 1 amide bonds. The molecule has 4 nitrogen and oxygen atoms in total. The number of aromatic nitrogens is 2. The third-order valence-corrected chi connectivity index (χ3v) is 5.51. The van der Waals surface area contributed by atoms with E-state index in [9.17, 15) is 4.79 Å². The molecule has 3 rings (SSSR count). The summed E-state index contributed by atoms with van der Waals surface area (Å²) in [5.74, 6) is 1.74. The lowest BCUT2D eigenvalue weighted by molar-refractivity contribution is -0.131. The molecular weight excluding hydrogens is 294 g/mol. The predicted molar refractivity (Wildman–Crippen MR) is 92.0 cm³/mol. The van der Waals surface area contributed by atoms with E-state index >= 15 is 0 Å². The van der Waals surface area contributed by atoms with Gasteiger partial charge in [-0.25, -0.2) is 4.98 Å². The van der Waals surface area contributed by atoms with Crippen molar-refractivity contribution in [2.75, 3.05) is 12.3 Å². The molecule has 1 aromatic carbocycles. The van der Waals surface area contributed by atoms with Crippen LogP contribution in [0.3, 0.4) is 0 Å². The molecule has 0 aliphatic carbocycles. The summed E-state index contributed by atoms with van der Waals surface area (Å²) < 4.78 is 0. The van der Waals surface area contributed by atoms with E-state index in [1.807, 2.05) is 29.2 Å². The van der Waals surface area contributed by atoms with Crippen molar-refractivity contribution in [2.24, 2.45) is 0 Å². The Hall–Kier alpha value is -1.49. The summed E-state index contributed by atoms with van der Waals surface area (Å²) in [6.45, 7) is 5.18. The normalized spacial score (nSPS) is 20.3. The molecule has 1 saturated heterocycles. The molecule has 22 heavy (non-hydrogen) atoms. The Morgan fingerprint density at radius 1 is 1.45 bits per heavy atom. The zero-order valence-corrected chi connectivity index (χ0v) is 14.0. The van der Waals surface area contributed by atoms with Crippen molar-refractivity contribution in [3.05, 3.63) is 30.1 Å². The number of likely N-dealkylation sites (tertiary alicyclic amines) is 1. The Morgan fingerprint density at radius 3 is 3.05 bits per heavy atom. The topological polar surface area (TPSA) is 49.0 Å². The molecule has 0 bridgehead atoms. The second kappa shape index (κ2) is 6.73. The van der Waals surface area contributed by atoms with Crippen molar-refractivity contribution in [1.82, 2.24) is 14.9 Å². The van der Waals surface area contributed by atoms with Gasteiger partial charge in [0.1, 0.15) is 5.82 Å². The van der Waals surface area contributed by atoms with Crippen LogP contribution in [0.1, 0.15) is 44.2 Å². The Kier molecular flexibility index (Phi) is 4.71. The highest BCUT2D eigenvalue weighted by Gasteiger charge is 2.23. The number of hydrogen-bond donors (Lipinski definition) is 1. The van der Waals surface area contributed by atoms with Crippen molar-refractivity contribution >= 4 is 28.7 Å². The molecule has 1 fully saturated rings. The van der Waals surface area contributed by atoms with Gasteiger partial charge >= 0.3 is 0 Å². The first-order valence-corrected chi connectivity index (χ1v) is 9.06. The highest BCUT2D eigenvalue weighted by molar-refractivity contribution is 8.00. The van der Waals surface area contributed by atoms with Gasteiger partial charge in [0, 0.05) is 12.6 Å². The number of rotatable bonds is 4. The number of amides is 1. The summed E-state index contributed by atoms with van der Waals surface area (Å²) in [7, 11) is 0. The van der Waals surface area contributed by atoms with Gasteiger partial charge in [0.25, 0.3) is 0 Å². The summed E-state index contributed by atoms with van der Waals surface area (Å²) in [5, 5.41) is 0.191. The van der Waals surface area contributed by atoms with Crippen LogP contribution in [-0.4, -0.2) is 39.1 Å². The number of piperidine rings is 1. The molecule has 2 unspecified atom stereocenters. The van der Waals surface area contributed by atoms with E-state index in [1.165, 1.54) is 6.42 Å². The molecule has 1 aliphatic rings. The average Bonchev–Trinajstić information content (AvgIpc) is 2.97. The second-order valence-electron chi connectivity index (χ2n) is 6.02. The molecule has 0 saturated carbocycles. The Bertz CT molecular complexity index is 621. The maximum absolute atomic E-state index is 12.4. The lowest BCUT2D eigenvalue weighted by Gasteiger charge is -2.33. The largest absolute Gasteiger partial charge is 0.341 e. The monoisotopic (exact) mass is 317 g/mol. The number of carbonyl (C=O) groups excluding carboxylic acids is 1. The van der Waals surface area contributed by atoms with Gasteiger partial charge in [-0.1, -0.05) is 12.1 Å². The van der Waals surface area contributed by atoms with Crippen molar-refractivity contribution in [3.63, 3.8) is 0 Å². The van der Waals surface area contributed by atoms with Crippen LogP contribution in [-0.2, 0) is 4.79 Å². The van der Waals surface area contributed by atoms with Gasteiger partial charge in [-0.15, -0.1) is 11.8 Å². The number of fused-ring (bicyclic) bond motifs is 1. The van der Waals surface area contributed by atoms with Crippen LogP contribution in [0.2, 0.25) is 0 Å². The number of nitrogens with one attached hydrogen (secondary N) is 1. The average molecular weight is 317 g/mol. The predicted octanol–water partition coefficient (Wildman–Crippen LogP) is 3.76. The van der Waals surface area contributed by atoms with Crippen LogP contribution in [0, 0.1) is 0 Å². The molecule has 2 atom stereocenters. The van der Waals surface area contributed by atoms with Crippen LogP contribution in [0.4, 0.5) is 0 Å². The number of imidazole rings is 1. The van der Waals surface area contributed by atoms with Crippen LogP contribution >= 0.6 is 11.8 Å². The van der Waals surface area contributed by atoms with Crippen LogP contribution in [0.15, 0.2) is 24.3 Å². The van der Waals surface area contributed by atoms with Crippen LogP contribution < -0.4 is 0 Å². The van der Waals surface area contributed by atoms with Gasteiger partial charge in [-0.05, 0) is 45.2 Å². The van der Waals surface area contributed by atoms with Crippen molar-refractivity contribution in [2.45, 2.75) is 44.4 Å². The third kappa shape index (κ3) is 3.29. The minimum atomic E-state index is 0.191. The fraction of sp³-hybridized carbons (Fsp3) is 0.529. The number of benzene rings is 1. The summed E-state index contributed by atoms with van der Waals surface area (Å²) in [6, 6.07) is 8.43. The first kappa shape index (κ1) is 15.4. The number of H-pyrrole nitrogens is 1. The maximum Gasteiger partial charge on any atom is 0.232 e. The first-order chi connectivity index (χ1) is 10.6. The van der Waals surface area contributed by atoms with Crippen LogP contribution in [0.25, 0.3) is 11.0 Å². The highest BCUT2D eigenvalue weighted by atomic mass is 32.2. The molecule has 0 spiro atoms. The Morgan fingerprint density at radius 2 is 2.27 bits per heavy atom. The van der Waals surface area contributed by atoms with E-state index in [-0.39, 0.29) is 11.2 Å². The highest BCUT2D eigenvalue weighted by Crippen LogP contribution is 2.28. The van der Waals surface area contributed by atoms with E-state index in [4.69, 9.17) is 0 Å². The molecule has 118 valence electrons. The fourth-order valence-electron chi connectivity index (χ4n) is 2.99. The maximum atomic E-state index is 12.4. The summed E-state index contributed by atoms with van der Waals surface area (Å²) >= 11 is 1.66. The molecule has 2 aromatic rings. The first-order valence-electron chi connectivity index (χ1n) is 8.01. The molecular formula is C17H23N3OS. The summed E-state index contributed by atoms with van der Waals surface area (Å²) in [6.07, 6.45) is 3.52. The van der Waals surface area contributed by atoms with Gasteiger partial charge in [0.2, 0.25) is 5.91 Å². The molecule has 2 heterocycles. The van der Waals surface area contributed by atoms with Crippen molar-refractivity contribution < 1.29 is 4.79 Å². The molecule has 1 aliphatic heterocycles. The number of thioether (sulfide) groups is 1. The zero-order valence-electron chi connectivity index (χ0n) is 13.2. The number of nitrogens with zero attached hydrogens (tertiary/aromatic N) is 2. The van der Waals surface area contributed by atoms with Crippen molar-refractivity contribution in [1.29, 1.82) is 0 Å². The Balaban J connectivity index is 1.59. The van der Waals surface area contributed by atoms with Gasteiger partial charge < -0.3 is 9.88 Å². The van der Waals surface area contributed by atoms with Crippen molar-refractivity contribution in [3.8, 4) is 0 Å². The second-order valence-corrected chi connectivity index (χ2v) is 7.35. The standard InChI is InChI=1S/C17H23N3OS/c1-12-7-5-6-10-20(12)16(21)11-22-13(2)17-18-14-8-3-4-9-15(14)19-17/h3-4,8-9,12-13H,5-7,10-11H2,1-2H3,(H,18,19). The SMILES string of the molecule is CC(SCC(=O)N1CCCCC1C)c1nc2ccccc2[nH]1. The van der Waals surface area contributed by atoms with E-state index in [0.717, 1.165) is 36.2 Å². The zero-order chi connectivity index (χ0) is 15.5. The Labute approximate surface area is 135 Å². The third-order valence-electron chi connectivity index (χ3n) is 4.37. The van der Waals surface area contributed by atoms with E-state index in [0.29, 0.717) is 11.8 Å². The number of carbonyl (C=O) groups is 1. The van der Waals surface area contributed by atoms with E-state index < -0.39 is 0 Å². The van der Waals surface area contributed by atoms with Gasteiger partial charge in [-0.3, -0.25) is 4.79 Å². The van der Waals surface area contributed by atoms with Gasteiger partial charge in [-0.2, -0.15) is 0 Å². The molecule has 0 radical (unpaired) electrons. The van der Waals surface area contributed by atoms with Gasteiger partial charge in [0.15, 0.2) is 0 Å². The fourth-order valence-corrected chi connectivity index (χ4v) is 3.82. The van der Waals surface area contributed by atoms with E-state index in [1.54, 1.807) is 11.8 Å². The number of para-hydroxylation sites is 2. The smallest absolute Gasteiger partial charge is 0.232 e. The molecule has 1 aromatic heterocycles. The minimum Gasteiger partial charge on any atom is -0.341 e. The van der Waals surface area contributed by atoms with E-state index in [2.05, 4.69) is 23.8 Å². The summed E-state index contributed by atoms with van der Waals surface area (Å²) in [5.41, 5.74) is 2.04. The number of hydrogen-bond acceptors (Lipinski definition) is 3. The molecule has 5 heteroatoms. The van der Waals surface area contributed by atoms with Gasteiger partial charge in [0.05, 0.1) is 22.0 Å². The minimum absolute atomic E-state index is 0.191. The lowest BCUT2D eigenvalue weighted by atomic mass is 10.0. The number of aromatic amines is 1.